The van der Waals surface area contributed by atoms with Crippen LogP contribution in [0.3, 0.4) is 0 Å². The molecule has 0 bridgehead atoms. The number of hydrogen-bond donors (Lipinski definition) is 1. The molecule has 20 heavy (non-hydrogen) atoms. The van der Waals surface area contributed by atoms with Gasteiger partial charge in [-0.15, -0.1) is 0 Å². The van der Waals surface area contributed by atoms with Crippen molar-refractivity contribution in [2.75, 3.05) is 7.05 Å². The highest BCUT2D eigenvalue weighted by atomic mass is 79.9. The minimum Gasteiger partial charge on any atom is -0.313 e. The highest BCUT2D eigenvalue weighted by Crippen LogP contribution is 2.28. The van der Waals surface area contributed by atoms with Gasteiger partial charge in [0.15, 0.2) is 0 Å². The normalized spacial score (nSPS) is 12.7. The van der Waals surface area contributed by atoms with E-state index in [0.29, 0.717) is 4.47 Å². The molecule has 5 heteroatoms. The molecule has 0 radical (unpaired) electrons. The average Bonchev–Trinajstić information content (AvgIpc) is 2.79. The third-order valence-corrected chi connectivity index (χ3v) is 4.24. The number of benzene rings is 1. The van der Waals surface area contributed by atoms with Gasteiger partial charge in [-0.1, -0.05) is 12.1 Å². The van der Waals surface area contributed by atoms with Gasteiger partial charge >= 0.3 is 0 Å². The highest BCUT2D eigenvalue weighted by molar-refractivity contribution is 9.10. The van der Waals surface area contributed by atoms with Gasteiger partial charge in [0.1, 0.15) is 5.82 Å². The lowest BCUT2D eigenvalue weighted by molar-refractivity contribution is 0.533. The van der Waals surface area contributed by atoms with Crippen molar-refractivity contribution in [2.24, 2.45) is 0 Å². The average molecular weight is 340 g/mol. The van der Waals surface area contributed by atoms with Gasteiger partial charge in [0.2, 0.25) is 0 Å². The Labute approximate surface area is 127 Å². The number of likely N-dealkylation sites (N-methyl/N-ethyl adjacent to an activating group) is 1. The molecule has 0 aliphatic heterocycles. The van der Waals surface area contributed by atoms with Gasteiger partial charge in [0.25, 0.3) is 0 Å². The Bertz CT molecular complexity index is 595. The van der Waals surface area contributed by atoms with Crippen molar-refractivity contribution in [1.29, 1.82) is 0 Å². The molecule has 108 valence electrons. The number of aromatic nitrogens is 2. The summed E-state index contributed by atoms with van der Waals surface area (Å²) in [5.41, 5.74) is 3.09. The van der Waals surface area contributed by atoms with Gasteiger partial charge in [-0.25, -0.2) is 4.39 Å². The van der Waals surface area contributed by atoms with Gasteiger partial charge in [-0.3, -0.25) is 4.68 Å². The smallest absolute Gasteiger partial charge is 0.137 e. The van der Waals surface area contributed by atoms with Crippen LogP contribution in [0.2, 0.25) is 0 Å². The minimum absolute atomic E-state index is 0.0430. The zero-order valence-corrected chi connectivity index (χ0v) is 13.5. The van der Waals surface area contributed by atoms with Gasteiger partial charge < -0.3 is 5.32 Å². The van der Waals surface area contributed by atoms with Crippen LogP contribution >= 0.6 is 15.9 Å². The summed E-state index contributed by atoms with van der Waals surface area (Å²) >= 11 is 3.34. The maximum absolute atomic E-state index is 13.7. The van der Waals surface area contributed by atoms with E-state index >= 15 is 0 Å². The van der Waals surface area contributed by atoms with Crippen molar-refractivity contribution < 1.29 is 4.39 Å². The fourth-order valence-electron chi connectivity index (χ4n) is 2.40. The molecule has 0 aliphatic rings. The van der Waals surface area contributed by atoms with Crippen LogP contribution in [0.1, 0.15) is 29.9 Å². The first-order valence-electron chi connectivity index (χ1n) is 6.71. The van der Waals surface area contributed by atoms with E-state index in [1.54, 1.807) is 6.07 Å². The van der Waals surface area contributed by atoms with Crippen molar-refractivity contribution in [1.82, 2.24) is 15.1 Å². The lowest BCUT2D eigenvalue weighted by Crippen LogP contribution is -2.21. The van der Waals surface area contributed by atoms with Crippen LogP contribution in [-0.2, 0) is 13.0 Å². The molecule has 0 saturated heterocycles. The summed E-state index contributed by atoms with van der Waals surface area (Å²) in [7, 11) is 1.89. The number of aryl methyl sites for hydroxylation is 2. The van der Waals surface area contributed by atoms with Crippen LogP contribution in [-0.4, -0.2) is 16.8 Å². The summed E-state index contributed by atoms with van der Waals surface area (Å²) < 4.78 is 16.2. The molecule has 1 atom stereocenters. The quantitative estimate of drug-likeness (QED) is 0.901. The lowest BCUT2D eigenvalue weighted by Gasteiger charge is -2.19. The molecule has 0 amide bonds. The van der Waals surface area contributed by atoms with Crippen molar-refractivity contribution >= 4 is 15.9 Å². The topological polar surface area (TPSA) is 29.9 Å². The molecule has 0 aliphatic carbocycles. The Balaban J connectivity index is 2.31. The molecule has 3 nitrogen and oxygen atoms in total. The Morgan fingerprint density at radius 3 is 2.85 bits per heavy atom. The molecule has 0 fully saturated rings. The number of nitrogens with zero attached hydrogens (tertiary/aromatic N) is 2. The second kappa shape index (κ2) is 6.50. The Kier molecular flexibility index (Phi) is 4.94. The molecule has 1 heterocycles. The zero-order valence-electron chi connectivity index (χ0n) is 12.0. The van der Waals surface area contributed by atoms with Crippen LogP contribution in [0.25, 0.3) is 0 Å². The molecular formula is C15H19BrFN3. The predicted molar refractivity (Wildman–Crippen MR) is 82.2 cm³/mol. The third kappa shape index (κ3) is 3.10. The largest absolute Gasteiger partial charge is 0.313 e. The van der Waals surface area contributed by atoms with Crippen LogP contribution in [0.4, 0.5) is 4.39 Å². The number of halogens is 2. The summed E-state index contributed by atoms with van der Waals surface area (Å²) in [5.74, 6) is -0.233. The summed E-state index contributed by atoms with van der Waals surface area (Å²) in [6.45, 7) is 4.90. The molecule has 1 unspecified atom stereocenters. The molecule has 2 rings (SSSR count). The second-order valence-electron chi connectivity index (χ2n) is 4.78. The summed E-state index contributed by atoms with van der Waals surface area (Å²) in [4.78, 5) is 0. The van der Waals surface area contributed by atoms with Gasteiger partial charge in [0, 0.05) is 24.7 Å². The monoisotopic (exact) mass is 339 g/mol. The van der Waals surface area contributed by atoms with Crippen LogP contribution in [0.15, 0.2) is 28.7 Å². The van der Waals surface area contributed by atoms with Gasteiger partial charge in [-0.05, 0) is 54.5 Å². The maximum atomic E-state index is 13.7. The Morgan fingerprint density at radius 2 is 2.20 bits per heavy atom. The fourth-order valence-corrected chi connectivity index (χ4v) is 2.94. The van der Waals surface area contributed by atoms with Crippen LogP contribution < -0.4 is 5.32 Å². The van der Waals surface area contributed by atoms with Crippen LogP contribution in [0.5, 0.6) is 0 Å². The van der Waals surface area contributed by atoms with E-state index in [4.69, 9.17) is 0 Å². The molecule has 1 aromatic heterocycles. The van der Waals surface area contributed by atoms with Gasteiger partial charge in [-0.2, -0.15) is 5.10 Å². The fraction of sp³-hybridized carbons (Fsp3) is 0.400. The van der Waals surface area contributed by atoms with E-state index in [1.807, 2.05) is 24.7 Å². The maximum Gasteiger partial charge on any atom is 0.137 e. The standard InChI is InChI=1S/C15H19BrFN3/c1-4-20-11(8-10(2)19-20)9-14(18-3)12-6-5-7-13(17)15(12)16/h5-8,14,18H,4,9H2,1-3H3. The first-order valence-corrected chi connectivity index (χ1v) is 7.50. The molecule has 2 aromatic rings. The summed E-state index contributed by atoms with van der Waals surface area (Å²) in [6.07, 6.45) is 0.771. The molecule has 0 saturated carbocycles. The second-order valence-corrected chi connectivity index (χ2v) is 5.57. The summed E-state index contributed by atoms with van der Waals surface area (Å²) in [6, 6.07) is 7.26. The molecular weight excluding hydrogens is 321 g/mol. The van der Waals surface area contributed by atoms with E-state index in [-0.39, 0.29) is 11.9 Å². The first-order chi connectivity index (χ1) is 9.56. The van der Waals surface area contributed by atoms with E-state index < -0.39 is 0 Å². The van der Waals surface area contributed by atoms with E-state index in [1.165, 1.54) is 6.07 Å². The van der Waals surface area contributed by atoms with Crippen molar-refractivity contribution in [2.45, 2.75) is 32.9 Å². The highest BCUT2D eigenvalue weighted by Gasteiger charge is 2.17. The SMILES string of the molecule is CCn1nc(C)cc1CC(NC)c1cccc(F)c1Br. The number of rotatable bonds is 5. The van der Waals surface area contributed by atoms with E-state index in [0.717, 1.165) is 29.9 Å². The zero-order chi connectivity index (χ0) is 14.7. The Hall–Kier alpha value is -1.20. The van der Waals surface area contributed by atoms with E-state index in [9.17, 15) is 4.39 Å². The lowest BCUT2D eigenvalue weighted by atomic mass is 10.0. The van der Waals surface area contributed by atoms with Crippen molar-refractivity contribution in [3.05, 3.63) is 51.5 Å². The van der Waals surface area contributed by atoms with E-state index in [2.05, 4.69) is 39.3 Å². The van der Waals surface area contributed by atoms with Crippen molar-refractivity contribution in [3.8, 4) is 0 Å². The van der Waals surface area contributed by atoms with Crippen LogP contribution in [0, 0.1) is 12.7 Å². The molecule has 1 N–H and O–H groups in total. The van der Waals surface area contributed by atoms with Gasteiger partial charge in [0.05, 0.1) is 10.2 Å². The predicted octanol–water partition coefficient (Wildman–Crippen LogP) is 3.62. The number of hydrogen-bond acceptors (Lipinski definition) is 2. The Morgan fingerprint density at radius 1 is 1.45 bits per heavy atom. The first kappa shape index (κ1) is 15.2. The van der Waals surface area contributed by atoms with Crippen molar-refractivity contribution in [3.63, 3.8) is 0 Å². The molecule has 1 aromatic carbocycles. The molecule has 0 spiro atoms. The third-order valence-electron chi connectivity index (χ3n) is 3.40. The number of nitrogens with one attached hydrogen (secondary N) is 1. The summed E-state index contributed by atoms with van der Waals surface area (Å²) in [5, 5.41) is 7.71. The minimum atomic E-state index is -0.233.